The normalized spacial score (nSPS) is 14.5. The minimum Gasteiger partial charge on any atom is -0.338 e. The minimum atomic E-state index is -0.753. The van der Waals surface area contributed by atoms with Crippen molar-refractivity contribution in [3.05, 3.63) is 35.3 Å². The van der Waals surface area contributed by atoms with Crippen LogP contribution in [-0.2, 0) is 6.54 Å². The first-order chi connectivity index (χ1) is 10.0. The standard InChI is InChI=1S/C15H17FN4O/c1-4-19-7-8-20-10(3)12(9(2)13(20)14(19)21)11-5-6-17-15(16)18-11/h5-6H,4,7-8H2,1-3H3. The number of hydrogen-bond donors (Lipinski definition) is 0. The molecule has 0 atom stereocenters. The van der Waals surface area contributed by atoms with Crippen LogP contribution < -0.4 is 0 Å². The molecule has 6 heteroatoms. The first kappa shape index (κ1) is 13.7. The summed E-state index contributed by atoms with van der Waals surface area (Å²) in [5.74, 6) is 0.0325. The van der Waals surface area contributed by atoms with Crippen molar-refractivity contribution >= 4 is 5.91 Å². The molecule has 0 aliphatic carbocycles. The monoisotopic (exact) mass is 288 g/mol. The molecule has 0 bridgehead atoms. The number of carbonyl (C=O) groups is 1. The van der Waals surface area contributed by atoms with Gasteiger partial charge in [0.2, 0.25) is 0 Å². The third-order valence-corrected chi connectivity index (χ3v) is 4.11. The Bertz CT molecular complexity index is 723. The van der Waals surface area contributed by atoms with E-state index >= 15 is 0 Å². The predicted molar refractivity (Wildman–Crippen MR) is 76.5 cm³/mol. The molecule has 5 nitrogen and oxygen atoms in total. The van der Waals surface area contributed by atoms with Crippen LogP contribution in [-0.4, -0.2) is 38.4 Å². The van der Waals surface area contributed by atoms with Crippen molar-refractivity contribution < 1.29 is 9.18 Å². The zero-order chi connectivity index (χ0) is 15.1. The number of amides is 1. The van der Waals surface area contributed by atoms with E-state index in [9.17, 15) is 9.18 Å². The lowest BCUT2D eigenvalue weighted by atomic mass is 10.1. The van der Waals surface area contributed by atoms with Crippen LogP contribution in [0.1, 0.15) is 28.7 Å². The van der Waals surface area contributed by atoms with Gasteiger partial charge in [-0.05, 0) is 32.4 Å². The topological polar surface area (TPSA) is 51.0 Å². The Morgan fingerprint density at radius 2 is 2.10 bits per heavy atom. The molecule has 21 heavy (non-hydrogen) atoms. The number of carbonyl (C=O) groups excluding carboxylic acids is 1. The third kappa shape index (κ3) is 2.02. The number of hydrogen-bond acceptors (Lipinski definition) is 3. The first-order valence-corrected chi connectivity index (χ1v) is 7.02. The molecule has 1 aliphatic heterocycles. The van der Waals surface area contributed by atoms with Gasteiger partial charge in [0.15, 0.2) is 0 Å². The molecule has 2 aromatic heterocycles. The molecule has 1 amide bonds. The highest BCUT2D eigenvalue weighted by atomic mass is 19.1. The van der Waals surface area contributed by atoms with Crippen molar-refractivity contribution in [2.45, 2.75) is 27.3 Å². The van der Waals surface area contributed by atoms with E-state index in [1.165, 1.54) is 6.20 Å². The van der Waals surface area contributed by atoms with Gasteiger partial charge >= 0.3 is 6.08 Å². The second-order valence-electron chi connectivity index (χ2n) is 5.18. The van der Waals surface area contributed by atoms with Gasteiger partial charge in [-0.25, -0.2) is 9.97 Å². The van der Waals surface area contributed by atoms with Crippen LogP contribution in [0.15, 0.2) is 12.3 Å². The Kier molecular flexibility index (Phi) is 3.23. The van der Waals surface area contributed by atoms with Crippen molar-refractivity contribution in [1.29, 1.82) is 0 Å². The fourth-order valence-electron chi connectivity index (χ4n) is 3.08. The lowest BCUT2D eigenvalue weighted by molar-refractivity contribution is 0.0712. The molecule has 0 spiro atoms. The lowest BCUT2D eigenvalue weighted by Gasteiger charge is -2.28. The fourth-order valence-corrected chi connectivity index (χ4v) is 3.08. The summed E-state index contributed by atoms with van der Waals surface area (Å²) in [7, 11) is 0. The molecular formula is C15H17FN4O. The zero-order valence-electron chi connectivity index (χ0n) is 12.4. The maximum absolute atomic E-state index is 13.3. The summed E-state index contributed by atoms with van der Waals surface area (Å²) in [5.41, 5.74) is 3.85. The lowest BCUT2D eigenvalue weighted by Crippen LogP contribution is -2.40. The molecule has 3 heterocycles. The van der Waals surface area contributed by atoms with E-state index in [0.29, 0.717) is 24.5 Å². The van der Waals surface area contributed by atoms with Gasteiger partial charge in [0.25, 0.3) is 5.91 Å². The molecular weight excluding hydrogens is 271 g/mol. The maximum atomic E-state index is 13.3. The number of halogens is 1. The van der Waals surface area contributed by atoms with E-state index in [4.69, 9.17) is 0 Å². The molecule has 0 unspecified atom stereocenters. The molecule has 0 N–H and O–H groups in total. The fraction of sp³-hybridized carbons (Fsp3) is 0.400. The summed E-state index contributed by atoms with van der Waals surface area (Å²) in [6, 6.07) is 1.67. The van der Waals surface area contributed by atoms with Crippen LogP contribution in [0.4, 0.5) is 4.39 Å². The van der Waals surface area contributed by atoms with Crippen molar-refractivity contribution in [2.24, 2.45) is 0 Å². The Hall–Kier alpha value is -2.24. The summed E-state index contributed by atoms with van der Waals surface area (Å²) in [5, 5.41) is 0. The van der Waals surface area contributed by atoms with E-state index in [1.54, 1.807) is 6.07 Å². The average Bonchev–Trinajstić information content (AvgIpc) is 2.71. The summed E-state index contributed by atoms with van der Waals surface area (Å²) < 4.78 is 15.3. The number of nitrogens with zero attached hydrogens (tertiary/aromatic N) is 4. The zero-order valence-corrected chi connectivity index (χ0v) is 12.4. The SMILES string of the molecule is CCN1CCn2c(C)c(-c3ccnc(F)n3)c(C)c2C1=O. The van der Waals surface area contributed by atoms with Gasteiger partial charge in [-0.15, -0.1) is 0 Å². The number of aromatic nitrogens is 3. The highest BCUT2D eigenvalue weighted by molar-refractivity contribution is 5.97. The summed E-state index contributed by atoms with van der Waals surface area (Å²) in [4.78, 5) is 21.7. The van der Waals surface area contributed by atoms with Crippen LogP contribution in [0.3, 0.4) is 0 Å². The largest absolute Gasteiger partial charge is 0.338 e. The van der Waals surface area contributed by atoms with Crippen LogP contribution in [0.2, 0.25) is 0 Å². The molecule has 3 rings (SSSR count). The molecule has 0 aromatic carbocycles. The van der Waals surface area contributed by atoms with Crippen LogP contribution >= 0.6 is 0 Å². The molecule has 110 valence electrons. The van der Waals surface area contributed by atoms with Crippen molar-refractivity contribution in [3.8, 4) is 11.3 Å². The highest BCUT2D eigenvalue weighted by Gasteiger charge is 2.30. The molecule has 1 aliphatic rings. The molecule has 0 fully saturated rings. The van der Waals surface area contributed by atoms with Crippen LogP contribution in [0.5, 0.6) is 0 Å². The highest BCUT2D eigenvalue weighted by Crippen LogP contribution is 2.33. The van der Waals surface area contributed by atoms with Crippen molar-refractivity contribution in [1.82, 2.24) is 19.4 Å². The van der Waals surface area contributed by atoms with Gasteiger partial charge in [-0.1, -0.05) is 0 Å². The van der Waals surface area contributed by atoms with Gasteiger partial charge in [-0.2, -0.15) is 4.39 Å². The van der Waals surface area contributed by atoms with Crippen molar-refractivity contribution in [2.75, 3.05) is 13.1 Å². The van der Waals surface area contributed by atoms with E-state index in [0.717, 1.165) is 23.4 Å². The molecule has 0 saturated carbocycles. The minimum absolute atomic E-state index is 0.0325. The number of fused-ring (bicyclic) bond motifs is 1. The van der Waals surface area contributed by atoms with Crippen LogP contribution in [0, 0.1) is 19.9 Å². The predicted octanol–water partition coefficient (Wildman–Crippen LogP) is 2.18. The quantitative estimate of drug-likeness (QED) is 0.796. The molecule has 2 aromatic rings. The van der Waals surface area contributed by atoms with E-state index in [2.05, 4.69) is 9.97 Å². The van der Waals surface area contributed by atoms with Gasteiger partial charge in [0, 0.05) is 37.1 Å². The summed E-state index contributed by atoms with van der Waals surface area (Å²) in [6.45, 7) is 7.97. The van der Waals surface area contributed by atoms with E-state index < -0.39 is 6.08 Å². The Morgan fingerprint density at radius 1 is 1.33 bits per heavy atom. The second-order valence-corrected chi connectivity index (χ2v) is 5.18. The van der Waals surface area contributed by atoms with Crippen molar-refractivity contribution in [3.63, 3.8) is 0 Å². The van der Waals surface area contributed by atoms with Gasteiger partial charge in [0.05, 0.1) is 5.69 Å². The third-order valence-electron chi connectivity index (χ3n) is 4.11. The summed E-state index contributed by atoms with van der Waals surface area (Å²) >= 11 is 0. The number of likely N-dealkylation sites (N-methyl/N-ethyl adjacent to an activating group) is 1. The number of rotatable bonds is 2. The van der Waals surface area contributed by atoms with Gasteiger partial charge in [-0.3, -0.25) is 4.79 Å². The first-order valence-electron chi connectivity index (χ1n) is 7.02. The Balaban J connectivity index is 2.20. The van der Waals surface area contributed by atoms with Gasteiger partial charge in [0.1, 0.15) is 5.69 Å². The van der Waals surface area contributed by atoms with Crippen LogP contribution in [0.25, 0.3) is 11.3 Å². The summed E-state index contributed by atoms with van der Waals surface area (Å²) in [6.07, 6.45) is 0.643. The molecule has 0 saturated heterocycles. The van der Waals surface area contributed by atoms with Gasteiger partial charge < -0.3 is 9.47 Å². The second kappa shape index (κ2) is 4.95. The molecule has 0 radical (unpaired) electrons. The van der Waals surface area contributed by atoms with E-state index in [-0.39, 0.29) is 5.91 Å². The average molecular weight is 288 g/mol. The van der Waals surface area contributed by atoms with E-state index in [1.807, 2.05) is 30.2 Å². The smallest absolute Gasteiger partial charge is 0.309 e. The Morgan fingerprint density at radius 3 is 2.76 bits per heavy atom. The Labute approximate surface area is 122 Å². The maximum Gasteiger partial charge on any atom is 0.309 e.